The summed E-state index contributed by atoms with van der Waals surface area (Å²) in [4.78, 5) is 20.6. The van der Waals surface area contributed by atoms with Gasteiger partial charge in [0.2, 0.25) is 0 Å². The smallest absolute Gasteiger partial charge is 0.253 e. The number of β-amino-alcohol motifs (C(OH)–C–C–N with tert-alkyl or cyclic N) is 1. The number of aliphatic hydroxyl groups excluding tert-OH is 1. The summed E-state index contributed by atoms with van der Waals surface area (Å²) < 4.78 is 2.00. The van der Waals surface area contributed by atoms with Crippen LogP contribution in [0.5, 0.6) is 0 Å². The molecule has 3 rings (SSSR count). The molecule has 0 atom stereocenters. The number of amides is 1. The quantitative estimate of drug-likeness (QED) is 0.882. The van der Waals surface area contributed by atoms with E-state index >= 15 is 0 Å². The van der Waals surface area contributed by atoms with Gasteiger partial charge in [0.15, 0.2) is 0 Å². The Hall–Kier alpha value is -2.18. The van der Waals surface area contributed by atoms with Crippen LogP contribution in [-0.4, -0.2) is 69.7 Å². The van der Waals surface area contributed by atoms with Gasteiger partial charge >= 0.3 is 0 Å². The lowest BCUT2D eigenvalue weighted by atomic mass is 10.1. The summed E-state index contributed by atoms with van der Waals surface area (Å²) in [7, 11) is 0. The van der Waals surface area contributed by atoms with Crippen LogP contribution in [0.3, 0.4) is 0 Å². The maximum absolute atomic E-state index is 12.5. The predicted octanol–water partition coefficient (Wildman–Crippen LogP) is 0.681. The van der Waals surface area contributed by atoms with Gasteiger partial charge in [0, 0.05) is 57.2 Å². The topological polar surface area (TPSA) is 61.6 Å². The van der Waals surface area contributed by atoms with Gasteiger partial charge in [-0.1, -0.05) is 12.1 Å². The molecular weight excluding hydrogens is 292 g/mol. The molecule has 1 N–H and O–H groups in total. The van der Waals surface area contributed by atoms with Crippen molar-refractivity contribution in [2.45, 2.75) is 6.54 Å². The highest BCUT2D eigenvalue weighted by molar-refractivity contribution is 5.94. The van der Waals surface area contributed by atoms with Gasteiger partial charge in [-0.05, 0) is 17.7 Å². The molecule has 1 aromatic carbocycles. The fourth-order valence-electron chi connectivity index (χ4n) is 2.84. The highest BCUT2D eigenvalue weighted by Gasteiger charge is 2.21. The Bertz CT molecular complexity index is 617. The molecular formula is C17H22N4O2. The molecule has 0 spiro atoms. The van der Waals surface area contributed by atoms with Gasteiger partial charge in [-0.25, -0.2) is 4.98 Å². The zero-order chi connectivity index (χ0) is 16.1. The third-order valence-corrected chi connectivity index (χ3v) is 4.20. The van der Waals surface area contributed by atoms with Crippen molar-refractivity contribution < 1.29 is 9.90 Å². The number of imidazole rings is 1. The van der Waals surface area contributed by atoms with Crippen LogP contribution in [0.15, 0.2) is 43.0 Å². The molecule has 1 fully saturated rings. The van der Waals surface area contributed by atoms with E-state index in [2.05, 4.69) is 9.88 Å². The Kier molecular flexibility index (Phi) is 5.05. The van der Waals surface area contributed by atoms with Crippen LogP contribution in [0.4, 0.5) is 0 Å². The second-order valence-electron chi connectivity index (χ2n) is 5.79. The zero-order valence-electron chi connectivity index (χ0n) is 13.1. The van der Waals surface area contributed by atoms with Gasteiger partial charge in [-0.15, -0.1) is 0 Å². The summed E-state index contributed by atoms with van der Waals surface area (Å²) in [6.07, 6.45) is 5.46. The van der Waals surface area contributed by atoms with Crippen LogP contribution in [0, 0.1) is 0 Å². The highest BCUT2D eigenvalue weighted by atomic mass is 16.3. The first-order chi connectivity index (χ1) is 11.3. The predicted molar refractivity (Wildman–Crippen MR) is 87.2 cm³/mol. The number of rotatable bonds is 5. The van der Waals surface area contributed by atoms with Gasteiger partial charge in [0.25, 0.3) is 5.91 Å². The monoisotopic (exact) mass is 314 g/mol. The molecule has 0 unspecified atom stereocenters. The number of piperazine rings is 1. The summed E-state index contributed by atoms with van der Waals surface area (Å²) in [6, 6.07) is 7.79. The normalized spacial score (nSPS) is 15.8. The minimum absolute atomic E-state index is 0.0860. The van der Waals surface area contributed by atoms with E-state index in [1.165, 1.54) is 0 Å². The zero-order valence-corrected chi connectivity index (χ0v) is 13.1. The third kappa shape index (κ3) is 3.97. The Balaban J connectivity index is 1.57. The number of carbonyl (C=O) groups excluding carboxylic acids is 1. The fraction of sp³-hybridized carbons (Fsp3) is 0.412. The Morgan fingerprint density at radius 1 is 1.13 bits per heavy atom. The molecule has 0 bridgehead atoms. The van der Waals surface area contributed by atoms with E-state index < -0.39 is 0 Å². The average Bonchev–Trinajstić information content (AvgIpc) is 3.09. The standard InChI is InChI=1S/C17H22N4O2/c22-12-11-19-7-9-21(10-8-19)17(23)16-3-1-15(2-4-16)13-20-6-5-18-14-20/h1-6,14,22H,7-13H2. The average molecular weight is 314 g/mol. The first kappa shape index (κ1) is 15.7. The van der Waals surface area contributed by atoms with Gasteiger partial charge in [-0.3, -0.25) is 9.69 Å². The number of carbonyl (C=O) groups is 1. The van der Waals surface area contributed by atoms with Gasteiger partial charge in [0.1, 0.15) is 0 Å². The van der Waals surface area contributed by atoms with Crippen molar-refractivity contribution in [2.75, 3.05) is 39.3 Å². The second kappa shape index (κ2) is 7.39. The Morgan fingerprint density at radius 3 is 2.48 bits per heavy atom. The molecule has 0 radical (unpaired) electrons. The second-order valence-corrected chi connectivity index (χ2v) is 5.79. The SMILES string of the molecule is O=C(c1ccc(Cn2ccnc2)cc1)N1CCN(CCO)CC1. The molecule has 1 aromatic heterocycles. The van der Waals surface area contributed by atoms with E-state index in [1.54, 1.807) is 12.5 Å². The molecule has 0 aliphatic carbocycles. The largest absolute Gasteiger partial charge is 0.395 e. The maximum Gasteiger partial charge on any atom is 0.253 e. The van der Waals surface area contributed by atoms with Crippen molar-refractivity contribution in [2.24, 2.45) is 0 Å². The first-order valence-electron chi connectivity index (χ1n) is 7.93. The van der Waals surface area contributed by atoms with E-state index in [4.69, 9.17) is 5.11 Å². The molecule has 2 aromatic rings. The van der Waals surface area contributed by atoms with Crippen molar-refractivity contribution >= 4 is 5.91 Å². The summed E-state index contributed by atoms with van der Waals surface area (Å²) in [6.45, 7) is 4.70. The van der Waals surface area contributed by atoms with Crippen LogP contribution < -0.4 is 0 Å². The molecule has 23 heavy (non-hydrogen) atoms. The minimum Gasteiger partial charge on any atom is -0.395 e. The third-order valence-electron chi connectivity index (χ3n) is 4.20. The minimum atomic E-state index is 0.0860. The Morgan fingerprint density at radius 2 is 1.87 bits per heavy atom. The number of hydrogen-bond acceptors (Lipinski definition) is 4. The summed E-state index contributed by atoms with van der Waals surface area (Å²) in [5.74, 6) is 0.0860. The van der Waals surface area contributed by atoms with Gasteiger partial charge in [0.05, 0.1) is 12.9 Å². The van der Waals surface area contributed by atoms with Crippen molar-refractivity contribution in [1.82, 2.24) is 19.4 Å². The van der Waals surface area contributed by atoms with Crippen molar-refractivity contribution in [3.8, 4) is 0 Å². The lowest BCUT2D eigenvalue weighted by Crippen LogP contribution is -2.49. The molecule has 1 aliphatic rings. The molecule has 6 heteroatoms. The van der Waals surface area contributed by atoms with Crippen molar-refractivity contribution in [3.63, 3.8) is 0 Å². The van der Waals surface area contributed by atoms with E-state index in [0.29, 0.717) is 6.54 Å². The summed E-state index contributed by atoms with van der Waals surface area (Å²) >= 11 is 0. The van der Waals surface area contributed by atoms with Crippen LogP contribution in [0.25, 0.3) is 0 Å². The van der Waals surface area contributed by atoms with Crippen LogP contribution in [0.2, 0.25) is 0 Å². The van der Waals surface area contributed by atoms with Crippen LogP contribution in [0.1, 0.15) is 15.9 Å². The van der Waals surface area contributed by atoms with E-state index in [-0.39, 0.29) is 12.5 Å². The lowest BCUT2D eigenvalue weighted by Gasteiger charge is -2.34. The summed E-state index contributed by atoms with van der Waals surface area (Å²) in [5, 5.41) is 8.96. The number of aromatic nitrogens is 2. The van der Waals surface area contributed by atoms with Crippen molar-refractivity contribution in [3.05, 3.63) is 54.1 Å². The molecule has 6 nitrogen and oxygen atoms in total. The first-order valence-corrected chi connectivity index (χ1v) is 7.93. The molecule has 0 saturated carbocycles. The maximum atomic E-state index is 12.5. The molecule has 1 aliphatic heterocycles. The summed E-state index contributed by atoms with van der Waals surface area (Å²) in [5.41, 5.74) is 1.88. The number of benzene rings is 1. The van der Waals surface area contributed by atoms with E-state index in [9.17, 15) is 4.79 Å². The molecule has 122 valence electrons. The molecule has 1 saturated heterocycles. The fourth-order valence-corrected chi connectivity index (χ4v) is 2.84. The highest BCUT2D eigenvalue weighted by Crippen LogP contribution is 2.11. The number of nitrogens with zero attached hydrogens (tertiary/aromatic N) is 4. The number of aliphatic hydroxyl groups is 1. The van der Waals surface area contributed by atoms with Gasteiger partial charge < -0.3 is 14.6 Å². The van der Waals surface area contributed by atoms with Gasteiger partial charge in [-0.2, -0.15) is 0 Å². The molecule has 2 heterocycles. The van der Waals surface area contributed by atoms with Crippen molar-refractivity contribution in [1.29, 1.82) is 0 Å². The van der Waals surface area contributed by atoms with E-state index in [0.717, 1.165) is 43.9 Å². The van der Waals surface area contributed by atoms with Crippen LogP contribution >= 0.6 is 0 Å². The molecule has 1 amide bonds. The Labute approximate surface area is 136 Å². The van der Waals surface area contributed by atoms with E-state index in [1.807, 2.05) is 39.9 Å². The van der Waals surface area contributed by atoms with Crippen LogP contribution in [-0.2, 0) is 6.54 Å². The lowest BCUT2D eigenvalue weighted by molar-refractivity contribution is 0.0615. The number of hydrogen-bond donors (Lipinski definition) is 1.